The Morgan fingerprint density at radius 3 is 2.62 bits per heavy atom. The van der Waals surface area contributed by atoms with Crippen LogP contribution in [-0.2, 0) is 16.6 Å². The maximum absolute atomic E-state index is 10.7. The molecule has 1 unspecified atom stereocenters. The van der Waals surface area contributed by atoms with Crippen molar-refractivity contribution in [1.82, 2.24) is 10.1 Å². The van der Waals surface area contributed by atoms with Crippen LogP contribution in [0.2, 0.25) is 0 Å². The fraction of sp³-hybridized carbons (Fsp3) is 0.438. The van der Waals surface area contributed by atoms with E-state index in [2.05, 4.69) is 10.1 Å². The Balaban J connectivity index is 2.14. The smallest absolute Gasteiger partial charge is 0.303 e. The molecule has 0 bridgehead atoms. The zero-order valence-electron chi connectivity index (χ0n) is 12.5. The lowest BCUT2D eigenvalue weighted by molar-refractivity contribution is -0.137. The van der Waals surface area contributed by atoms with Crippen LogP contribution in [0.25, 0.3) is 0 Å². The predicted molar refractivity (Wildman–Crippen MR) is 78.0 cm³/mol. The quantitative estimate of drug-likeness (QED) is 0.884. The molecule has 5 nitrogen and oxygen atoms in total. The summed E-state index contributed by atoms with van der Waals surface area (Å²) in [5.74, 6) is 0.261. The molecule has 1 atom stereocenters. The lowest BCUT2D eigenvalue weighted by Gasteiger charge is -2.20. The lowest BCUT2D eigenvalue weighted by Crippen LogP contribution is -2.20. The van der Waals surface area contributed by atoms with Gasteiger partial charge in [-0.15, -0.1) is 0 Å². The first kappa shape index (κ1) is 15.2. The first-order chi connectivity index (χ1) is 9.89. The average Bonchev–Trinajstić information content (AvgIpc) is 2.88. The lowest BCUT2D eigenvalue weighted by atomic mass is 9.84. The van der Waals surface area contributed by atoms with E-state index in [1.165, 1.54) is 0 Å². The average molecular weight is 288 g/mol. The fourth-order valence-corrected chi connectivity index (χ4v) is 2.24. The van der Waals surface area contributed by atoms with Crippen LogP contribution in [0.3, 0.4) is 0 Å². The Bertz CT molecular complexity index is 605. The summed E-state index contributed by atoms with van der Waals surface area (Å²) in [5.41, 5.74) is 0.759. The fourth-order valence-electron chi connectivity index (χ4n) is 2.24. The summed E-state index contributed by atoms with van der Waals surface area (Å²) >= 11 is 0. The number of hydrogen-bond acceptors (Lipinski definition) is 4. The predicted octanol–water partition coefficient (Wildman–Crippen LogP) is 3.05. The van der Waals surface area contributed by atoms with Gasteiger partial charge in [-0.2, -0.15) is 4.98 Å². The molecule has 0 aliphatic rings. The molecule has 112 valence electrons. The SMILES string of the molecule is CC(CC(=O)O)Cc1nc(C(C)(C)c2ccccc2)no1. The summed E-state index contributed by atoms with van der Waals surface area (Å²) in [6.45, 7) is 5.94. The van der Waals surface area contributed by atoms with Gasteiger partial charge in [0.1, 0.15) is 0 Å². The van der Waals surface area contributed by atoms with Crippen molar-refractivity contribution in [2.24, 2.45) is 5.92 Å². The van der Waals surface area contributed by atoms with Gasteiger partial charge < -0.3 is 9.63 Å². The second kappa shape index (κ2) is 6.08. The van der Waals surface area contributed by atoms with Crippen LogP contribution < -0.4 is 0 Å². The van der Waals surface area contributed by atoms with Gasteiger partial charge in [0.25, 0.3) is 0 Å². The summed E-state index contributed by atoms with van der Waals surface area (Å²) in [7, 11) is 0. The van der Waals surface area contributed by atoms with Crippen LogP contribution in [0.15, 0.2) is 34.9 Å². The summed E-state index contributed by atoms with van der Waals surface area (Å²) < 4.78 is 5.27. The maximum atomic E-state index is 10.7. The number of hydrogen-bond donors (Lipinski definition) is 1. The minimum absolute atomic E-state index is 0.0318. The van der Waals surface area contributed by atoms with Gasteiger partial charge in [0.2, 0.25) is 5.89 Å². The number of rotatable bonds is 6. The van der Waals surface area contributed by atoms with Gasteiger partial charge in [-0.25, -0.2) is 0 Å². The van der Waals surface area contributed by atoms with E-state index in [1.807, 2.05) is 51.1 Å². The molecule has 5 heteroatoms. The van der Waals surface area contributed by atoms with E-state index in [4.69, 9.17) is 9.63 Å². The second-order valence-electron chi connectivity index (χ2n) is 5.91. The summed E-state index contributed by atoms with van der Waals surface area (Å²) in [4.78, 5) is 15.1. The molecule has 0 amide bonds. The molecule has 1 aromatic carbocycles. The van der Waals surface area contributed by atoms with Crippen molar-refractivity contribution in [3.63, 3.8) is 0 Å². The number of nitrogens with zero attached hydrogens (tertiary/aromatic N) is 2. The van der Waals surface area contributed by atoms with Crippen molar-refractivity contribution in [3.05, 3.63) is 47.6 Å². The van der Waals surface area contributed by atoms with E-state index in [-0.39, 0.29) is 17.8 Å². The molecule has 21 heavy (non-hydrogen) atoms. The first-order valence-corrected chi connectivity index (χ1v) is 7.00. The zero-order chi connectivity index (χ0) is 15.5. The Kier molecular flexibility index (Phi) is 4.40. The van der Waals surface area contributed by atoms with Crippen LogP contribution in [-0.4, -0.2) is 21.2 Å². The number of carboxylic acid groups (broad SMARTS) is 1. The van der Waals surface area contributed by atoms with Gasteiger partial charge in [0.15, 0.2) is 5.82 Å². The van der Waals surface area contributed by atoms with Crippen LogP contribution >= 0.6 is 0 Å². The Morgan fingerprint density at radius 1 is 1.33 bits per heavy atom. The largest absolute Gasteiger partial charge is 0.481 e. The highest BCUT2D eigenvalue weighted by molar-refractivity contribution is 5.66. The molecule has 0 saturated carbocycles. The highest BCUT2D eigenvalue weighted by Gasteiger charge is 2.29. The molecule has 1 N–H and O–H groups in total. The topological polar surface area (TPSA) is 76.2 Å². The van der Waals surface area contributed by atoms with Crippen LogP contribution in [0.4, 0.5) is 0 Å². The van der Waals surface area contributed by atoms with Gasteiger partial charge in [-0.1, -0.05) is 42.4 Å². The third kappa shape index (κ3) is 3.68. The molecule has 1 aromatic heterocycles. The molecule has 0 saturated heterocycles. The molecular formula is C16H20N2O3. The zero-order valence-corrected chi connectivity index (χ0v) is 12.5. The van der Waals surface area contributed by atoms with E-state index in [1.54, 1.807) is 0 Å². The van der Waals surface area contributed by atoms with E-state index >= 15 is 0 Å². The number of aromatic nitrogens is 2. The Hall–Kier alpha value is -2.17. The molecule has 2 rings (SSSR count). The van der Waals surface area contributed by atoms with Gasteiger partial charge in [-0.05, 0) is 25.3 Å². The standard InChI is InChI=1S/C16H20N2O3/c1-11(10-14(19)20)9-13-17-15(18-21-13)16(2,3)12-7-5-4-6-8-12/h4-8,11H,9-10H2,1-3H3,(H,19,20). The normalized spacial score (nSPS) is 13.1. The van der Waals surface area contributed by atoms with Crippen molar-refractivity contribution in [2.45, 2.75) is 39.0 Å². The Morgan fingerprint density at radius 2 is 2.00 bits per heavy atom. The molecular weight excluding hydrogens is 268 g/mol. The van der Waals surface area contributed by atoms with E-state index in [9.17, 15) is 4.79 Å². The minimum atomic E-state index is -0.813. The van der Waals surface area contributed by atoms with E-state index in [0.717, 1.165) is 5.56 Å². The van der Waals surface area contributed by atoms with Crippen LogP contribution in [0.1, 0.15) is 44.5 Å². The Labute approximate surface area is 124 Å². The highest BCUT2D eigenvalue weighted by atomic mass is 16.5. The van der Waals surface area contributed by atoms with Crippen molar-refractivity contribution >= 4 is 5.97 Å². The molecule has 0 aliphatic carbocycles. The third-order valence-electron chi connectivity index (χ3n) is 3.57. The highest BCUT2D eigenvalue weighted by Crippen LogP contribution is 2.29. The molecule has 0 radical (unpaired) electrons. The number of benzene rings is 1. The molecule has 2 aromatic rings. The van der Waals surface area contributed by atoms with Gasteiger partial charge in [-0.3, -0.25) is 4.79 Å². The van der Waals surface area contributed by atoms with Crippen molar-refractivity contribution < 1.29 is 14.4 Å². The van der Waals surface area contributed by atoms with Crippen molar-refractivity contribution in [2.75, 3.05) is 0 Å². The third-order valence-corrected chi connectivity index (χ3v) is 3.57. The minimum Gasteiger partial charge on any atom is -0.481 e. The van der Waals surface area contributed by atoms with E-state index in [0.29, 0.717) is 18.1 Å². The summed E-state index contributed by atoms with van der Waals surface area (Å²) in [6, 6.07) is 9.99. The second-order valence-corrected chi connectivity index (χ2v) is 5.91. The number of aliphatic carboxylic acids is 1. The molecule has 1 heterocycles. The van der Waals surface area contributed by atoms with Crippen LogP contribution in [0.5, 0.6) is 0 Å². The number of carbonyl (C=O) groups is 1. The molecule has 0 fully saturated rings. The molecule has 0 aliphatic heterocycles. The van der Waals surface area contributed by atoms with Crippen LogP contribution in [0, 0.1) is 5.92 Å². The summed E-state index contributed by atoms with van der Waals surface area (Å²) in [6.07, 6.45) is 0.573. The first-order valence-electron chi connectivity index (χ1n) is 7.00. The molecule has 0 spiro atoms. The van der Waals surface area contributed by atoms with Crippen molar-refractivity contribution in [1.29, 1.82) is 0 Å². The van der Waals surface area contributed by atoms with Gasteiger partial charge in [0.05, 0.1) is 5.41 Å². The van der Waals surface area contributed by atoms with Crippen molar-refractivity contribution in [3.8, 4) is 0 Å². The van der Waals surface area contributed by atoms with Gasteiger partial charge in [0, 0.05) is 12.8 Å². The monoisotopic (exact) mass is 288 g/mol. The van der Waals surface area contributed by atoms with Gasteiger partial charge >= 0.3 is 5.97 Å². The summed E-state index contributed by atoms with van der Waals surface area (Å²) in [5, 5.41) is 12.8. The number of carboxylic acids is 1. The maximum Gasteiger partial charge on any atom is 0.303 e. The van der Waals surface area contributed by atoms with E-state index < -0.39 is 5.97 Å².